The van der Waals surface area contributed by atoms with Crippen LogP contribution < -0.4 is 5.32 Å². The van der Waals surface area contributed by atoms with E-state index in [1.54, 1.807) is 24.5 Å². The number of carbonyl (C=O) groups excluding carboxylic acids is 1. The lowest BCUT2D eigenvalue weighted by Crippen LogP contribution is -2.15. The van der Waals surface area contributed by atoms with Crippen molar-refractivity contribution in [2.45, 2.75) is 19.3 Å². The normalized spacial score (nSPS) is 12.7. The first-order chi connectivity index (χ1) is 15.0. The highest BCUT2D eigenvalue weighted by atomic mass is 19.2. The van der Waals surface area contributed by atoms with E-state index >= 15 is 0 Å². The highest BCUT2D eigenvalue weighted by molar-refractivity contribution is 6.04. The Morgan fingerprint density at radius 2 is 1.87 bits per heavy atom. The fraction of sp³-hybridized carbons (Fsp3) is 0.136. The van der Waals surface area contributed by atoms with Gasteiger partial charge in [-0.25, -0.2) is 22.5 Å². The van der Waals surface area contributed by atoms with Crippen LogP contribution in [0.25, 0.3) is 11.4 Å². The number of amides is 1. The number of hydrogen-bond acceptors (Lipinski definition) is 3. The summed E-state index contributed by atoms with van der Waals surface area (Å²) in [5.74, 6) is -2.98. The van der Waals surface area contributed by atoms with Gasteiger partial charge in [-0.2, -0.15) is 10.2 Å². The van der Waals surface area contributed by atoms with Gasteiger partial charge in [0.05, 0.1) is 5.69 Å². The molecule has 5 rings (SSSR count). The van der Waals surface area contributed by atoms with Gasteiger partial charge in [0.1, 0.15) is 5.69 Å². The molecule has 0 spiro atoms. The molecule has 0 fully saturated rings. The third-order valence-electron chi connectivity index (χ3n) is 5.25. The Kier molecular flexibility index (Phi) is 4.58. The van der Waals surface area contributed by atoms with Crippen LogP contribution in [0.1, 0.15) is 28.2 Å². The predicted octanol–water partition coefficient (Wildman–Crippen LogP) is 4.22. The summed E-state index contributed by atoms with van der Waals surface area (Å²) in [4.78, 5) is 12.9. The molecular weight excluding hydrogens is 407 g/mol. The number of carbonyl (C=O) groups is 1. The highest BCUT2D eigenvalue weighted by Gasteiger charge is 2.27. The summed E-state index contributed by atoms with van der Waals surface area (Å²) in [6, 6.07) is 9.46. The third-order valence-corrected chi connectivity index (χ3v) is 5.25. The van der Waals surface area contributed by atoms with Crippen molar-refractivity contribution in [3.8, 4) is 11.4 Å². The summed E-state index contributed by atoms with van der Waals surface area (Å²) in [7, 11) is 0. The van der Waals surface area contributed by atoms with Gasteiger partial charge in [0.2, 0.25) is 0 Å². The zero-order valence-electron chi connectivity index (χ0n) is 16.1. The van der Waals surface area contributed by atoms with E-state index in [-0.39, 0.29) is 17.1 Å². The van der Waals surface area contributed by atoms with Crippen molar-refractivity contribution in [3.63, 3.8) is 0 Å². The van der Waals surface area contributed by atoms with Crippen molar-refractivity contribution in [2.24, 2.45) is 0 Å². The van der Waals surface area contributed by atoms with E-state index < -0.39 is 23.4 Å². The van der Waals surface area contributed by atoms with Gasteiger partial charge in [0, 0.05) is 35.4 Å². The van der Waals surface area contributed by atoms with Crippen LogP contribution >= 0.6 is 0 Å². The number of fused-ring (bicyclic) bond motifs is 1. The van der Waals surface area contributed by atoms with Gasteiger partial charge in [-0.05, 0) is 55.7 Å². The zero-order valence-corrected chi connectivity index (χ0v) is 16.1. The van der Waals surface area contributed by atoms with Gasteiger partial charge < -0.3 is 5.32 Å². The molecule has 9 heteroatoms. The second-order valence-electron chi connectivity index (χ2n) is 7.21. The Balaban J connectivity index is 1.45. The predicted molar refractivity (Wildman–Crippen MR) is 107 cm³/mol. The number of rotatable bonds is 4. The largest absolute Gasteiger partial charge is 0.320 e. The average Bonchev–Trinajstić information content (AvgIpc) is 3.48. The molecule has 2 aromatic heterocycles. The summed E-state index contributed by atoms with van der Waals surface area (Å²) < 4.78 is 44.4. The molecule has 0 radical (unpaired) electrons. The molecule has 0 bridgehead atoms. The Bertz CT molecular complexity index is 1300. The van der Waals surface area contributed by atoms with Crippen molar-refractivity contribution < 1.29 is 18.0 Å². The van der Waals surface area contributed by atoms with Crippen LogP contribution in [0, 0.1) is 17.5 Å². The molecule has 6 nitrogen and oxygen atoms in total. The molecule has 1 amide bonds. The molecular formula is C22H16F3N5O. The lowest BCUT2D eigenvalue weighted by Gasteiger charge is -2.08. The molecule has 1 N–H and O–H groups in total. The van der Waals surface area contributed by atoms with E-state index in [4.69, 9.17) is 0 Å². The standard InChI is InChI=1S/C22H16F3N5O/c23-16-7-6-14(12-17(16)24)30-19-4-1-3-15(19)21(28-30)22(31)27-13-5-8-20(18(25)11-13)29-10-2-9-26-29/h2,5-12H,1,3-4H2,(H,27,31). The number of anilines is 1. The lowest BCUT2D eigenvalue weighted by atomic mass is 10.2. The van der Waals surface area contributed by atoms with E-state index in [1.165, 1.54) is 27.6 Å². The van der Waals surface area contributed by atoms with Crippen molar-refractivity contribution in [1.29, 1.82) is 0 Å². The van der Waals surface area contributed by atoms with E-state index in [2.05, 4.69) is 15.5 Å². The topological polar surface area (TPSA) is 64.7 Å². The Labute approximate surface area is 174 Å². The maximum absolute atomic E-state index is 14.5. The molecule has 31 heavy (non-hydrogen) atoms. The molecule has 0 saturated carbocycles. The molecule has 0 saturated heterocycles. The molecule has 0 unspecified atom stereocenters. The summed E-state index contributed by atoms with van der Waals surface area (Å²) >= 11 is 0. The number of hydrogen-bond donors (Lipinski definition) is 1. The van der Waals surface area contributed by atoms with Crippen LogP contribution in [-0.4, -0.2) is 25.5 Å². The van der Waals surface area contributed by atoms with Crippen molar-refractivity contribution in [1.82, 2.24) is 19.6 Å². The molecule has 0 aliphatic heterocycles. The Hall–Kier alpha value is -3.88. The highest BCUT2D eigenvalue weighted by Crippen LogP contribution is 2.29. The number of nitrogens with zero attached hydrogens (tertiary/aromatic N) is 4. The van der Waals surface area contributed by atoms with Gasteiger partial charge in [-0.3, -0.25) is 4.79 Å². The second-order valence-corrected chi connectivity index (χ2v) is 7.21. The smallest absolute Gasteiger partial charge is 0.276 e. The number of aromatic nitrogens is 4. The summed E-state index contributed by atoms with van der Waals surface area (Å²) in [5.41, 5.74) is 2.60. The van der Waals surface area contributed by atoms with Crippen molar-refractivity contribution in [2.75, 3.05) is 5.32 Å². The van der Waals surface area contributed by atoms with Crippen molar-refractivity contribution >= 4 is 11.6 Å². The maximum atomic E-state index is 14.5. The summed E-state index contributed by atoms with van der Waals surface area (Å²) in [5, 5.41) is 11.0. The zero-order chi connectivity index (χ0) is 21.5. The van der Waals surface area contributed by atoms with Crippen LogP contribution in [0.3, 0.4) is 0 Å². The van der Waals surface area contributed by atoms with E-state index in [9.17, 15) is 18.0 Å². The van der Waals surface area contributed by atoms with Crippen LogP contribution in [-0.2, 0) is 12.8 Å². The molecule has 2 aromatic carbocycles. The monoisotopic (exact) mass is 423 g/mol. The Morgan fingerprint density at radius 1 is 1.00 bits per heavy atom. The fourth-order valence-corrected chi connectivity index (χ4v) is 3.82. The minimum Gasteiger partial charge on any atom is -0.320 e. The van der Waals surface area contributed by atoms with Gasteiger partial charge in [-0.15, -0.1) is 0 Å². The maximum Gasteiger partial charge on any atom is 0.276 e. The Morgan fingerprint density at radius 3 is 2.61 bits per heavy atom. The van der Waals surface area contributed by atoms with Crippen LogP contribution in [0.15, 0.2) is 54.9 Å². The SMILES string of the molecule is O=C(Nc1ccc(-n2cccn2)c(F)c1)c1nn(-c2ccc(F)c(F)c2)c2c1CCC2. The molecule has 0 atom stereocenters. The summed E-state index contributed by atoms with van der Waals surface area (Å²) in [6.45, 7) is 0. The lowest BCUT2D eigenvalue weighted by molar-refractivity contribution is 0.102. The first kappa shape index (κ1) is 19.1. The molecule has 2 heterocycles. The third kappa shape index (κ3) is 3.37. The molecule has 1 aliphatic carbocycles. The molecule has 1 aliphatic rings. The average molecular weight is 423 g/mol. The van der Waals surface area contributed by atoms with E-state index in [1.807, 2.05) is 0 Å². The van der Waals surface area contributed by atoms with Gasteiger partial charge in [0.25, 0.3) is 5.91 Å². The van der Waals surface area contributed by atoms with Crippen LogP contribution in [0.4, 0.5) is 18.9 Å². The summed E-state index contributed by atoms with van der Waals surface area (Å²) in [6.07, 6.45) is 5.30. The number of benzene rings is 2. The van der Waals surface area contributed by atoms with Gasteiger partial charge in [0.15, 0.2) is 23.1 Å². The molecule has 4 aromatic rings. The van der Waals surface area contributed by atoms with Crippen LogP contribution in [0.5, 0.6) is 0 Å². The van der Waals surface area contributed by atoms with Gasteiger partial charge >= 0.3 is 0 Å². The van der Waals surface area contributed by atoms with E-state index in [0.717, 1.165) is 29.8 Å². The quantitative estimate of drug-likeness (QED) is 0.535. The minimum atomic E-state index is -0.988. The second kappa shape index (κ2) is 7.42. The minimum absolute atomic E-state index is 0.189. The van der Waals surface area contributed by atoms with Crippen molar-refractivity contribution in [3.05, 3.63) is 89.3 Å². The number of nitrogens with one attached hydrogen (secondary N) is 1. The first-order valence-electron chi connectivity index (χ1n) is 9.68. The van der Waals surface area contributed by atoms with Crippen LogP contribution in [0.2, 0.25) is 0 Å². The fourth-order valence-electron chi connectivity index (χ4n) is 3.82. The number of halogens is 3. The van der Waals surface area contributed by atoms with E-state index in [0.29, 0.717) is 18.5 Å². The van der Waals surface area contributed by atoms with Gasteiger partial charge in [-0.1, -0.05) is 0 Å². The molecule has 156 valence electrons. The first-order valence-corrected chi connectivity index (χ1v) is 9.68.